The maximum Gasteiger partial charge on any atom is 0.255 e. The van der Waals surface area contributed by atoms with Gasteiger partial charge in [0.1, 0.15) is 22.8 Å². The third kappa shape index (κ3) is 4.37. The minimum absolute atomic E-state index is 0.0327. The van der Waals surface area contributed by atoms with E-state index in [0.717, 1.165) is 22.4 Å². The van der Waals surface area contributed by atoms with Crippen LogP contribution in [0.2, 0.25) is 0 Å². The highest BCUT2D eigenvalue weighted by molar-refractivity contribution is 6.24. The van der Waals surface area contributed by atoms with E-state index >= 15 is 0 Å². The highest BCUT2D eigenvalue weighted by Crippen LogP contribution is 2.53. The molecule has 0 bridgehead atoms. The zero-order chi connectivity index (χ0) is 31.5. The summed E-state index contributed by atoms with van der Waals surface area (Å²) in [6.45, 7) is 0.615. The Morgan fingerprint density at radius 3 is 2.32 bits per heavy atom. The van der Waals surface area contributed by atoms with E-state index in [1.165, 1.54) is 11.0 Å². The van der Waals surface area contributed by atoms with E-state index in [-0.39, 0.29) is 29.7 Å². The molecule has 1 amide bonds. The Morgan fingerprint density at radius 2 is 1.68 bits per heavy atom. The van der Waals surface area contributed by atoms with Crippen molar-refractivity contribution in [3.05, 3.63) is 100 Å². The third-order valence-electron chi connectivity index (χ3n) is 9.14. The summed E-state index contributed by atoms with van der Waals surface area (Å²) in [5, 5.41) is 48.5. The molecule has 6 rings (SSSR count). The number of fused-ring (bicyclic) bond motifs is 3. The summed E-state index contributed by atoms with van der Waals surface area (Å²) in [6.07, 6.45) is 0.251. The molecule has 0 aromatic heterocycles. The van der Waals surface area contributed by atoms with Crippen LogP contribution in [0.5, 0.6) is 5.75 Å². The van der Waals surface area contributed by atoms with Crippen LogP contribution >= 0.6 is 0 Å². The smallest absolute Gasteiger partial charge is 0.255 e. The zero-order valence-corrected chi connectivity index (χ0v) is 24.2. The molecule has 0 aliphatic heterocycles. The van der Waals surface area contributed by atoms with Crippen LogP contribution in [0.25, 0.3) is 16.9 Å². The van der Waals surface area contributed by atoms with E-state index in [1.54, 1.807) is 20.2 Å². The van der Waals surface area contributed by atoms with E-state index in [0.29, 0.717) is 12.1 Å². The van der Waals surface area contributed by atoms with Gasteiger partial charge < -0.3 is 31.5 Å². The second kappa shape index (κ2) is 10.7. The number of primary amides is 1. The molecule has 7 N–H and O–H groups in total. The predicted octanol–water partition coefficient (Wildman–Crippen LogP) is 3.24. The molecular weight excluding hydrogens is 562 g/mol. The molecule has 1 fully saturated rings. The van der Waals surface area contributed by atoms with Gasteiger partial charge in [0.2, 0.25) is 5.78 Å². The van der Waals surface area contributed by atoms with E-state index in [2.05, 4.69) is 5.32 Å². The first kappa shape index (κ1) is 29.2. The van der Waals surface area contributed by atoms with Crippen molar-refractivity contribution in [2.45, 2.75) is 31.0 Å². The van der Waals surface area contributed by atoms with Gasteiger partial charge >= 0.3 is 0 Å². The van der Waals surface area contributed by atoms with Gasteiger partial charge in [-0.25, -0.2) is 0 Å². The lowest BCUT2D eigenvalue weighted by molar-refractivity contribution is -0.153. The van der Waals surface area contributed by atoms with Crippen LogP contribution in [0, 0.1) is 11.8 Å². The Labute approximate surface area is 253 Å². The minimum Gasteiger partial charge on any atom is -0.508 e. The highest BCUT2D eigenvalue weighted by Gasteiger charge is 2.64. The average Bonchev–Trinajstić information content (AvgIpc) is 2.98. The van der Waals surface area contributed by atoms with Crippen molar-refractivity contribution in [2.24, 2.45) is 17.6 Å². The van der Waals surface area contributed by atoms with Crippen LogP contribution in [0.15, 0.2) is 83.6 Å². The van der Waals surface area contributed by atoms with Gasteiger partial charge in [0.15, 0.2) is 11.4 Å². The number of phenolic OH excluding ortho intramolecular Hbond substituents is 1. The lowest BCUT2D eigenvalue weighted by Gasteiger charge is -2.50. The van der Waals surface area contributed by atoms with Crippen molar-refractivity contribution in [2.75, 3.05) is 19.4 Å². The molecule has 3 aliphatic rings. The summed E-state index contributed by atoms with van der Waals surface area (Å²) < 4.78 is 0. The summed E-state index contributed by atoms with van der Waals surface area (Å²) >= 11 is 0. The number of carbonyl (C=O) groups excluding carboxylic acids is 3. The monoisotopic (exact) mass is 595 g/mol. The second-order valence-corrected chi connectivity index (χ2v) is 11.9. The number of hydrogen-bond donors (Lipinski definition) is 6. The zero-order valence-electron chi connectivity index (χ0n) is 24.2. The average molecular weight is 596 g/mol. The first-order valence-electron chi connectivity index (χ1n) is 14.3. The van der Waals surface area contributed by atoms with Crippen molar-refractivity contribution >= 4 is 28.9 Å². The number of amides is 1. The van der Waals surface area contributed by atoms with E-state index < -0.39 is 58.0 Å². The fraction of sp³-hybridized carbons (Fsp3) is 0.265. The number of Topliss-reactive ketones (excluding diaryl/α,β-unsaturated/α-hetero) is 2. The van der Waals surface area contributed by atoms with Gasteiger partial charge in [0.05, 0.1) is 11.6 Å². The SMILES string of the molecule is CN(C)C1C(=O)C(C(N)=O)=C(O)C2(O)C(=O)C3=C(O)c4c(O)ccc(-c5ccc(CNc6ccccc6)cc5)c4CC3CC12. The largest absolute Gasteiger partial charge is 0.508 e. The number of phenols is 1. The van der Waals surface area contributed by atoms with Gasteiger partial charge in [-0.3, -0.25) is 19.3 Å². The molecule has 4 unspecified atom stereocenters. The fourth-order valence-corrected chi connectivity index (χ4v) is 7.08. The number of nitrogens with two attached hydrogens (primary N) is 1. The first-order valence-corrected chi connectivity index (χ1v) is 14.3. The molecule has 0 spiro atoms. The molecule has 3 aromatic carbocycles. The number of aliphatic hydroxyl groups is 3. The molecule has 3 aliphatic carbocycles. The van der Waals surface area contributed by atoms with E-state index in [4.69, 9.17) is 5.73 Å². The number of ketones is 2. The molecule has 10 heteroatoms. The molecule has 44 heavy (non-hydrogen) atoms. The van der Waals surface area contributed by atoms with Gasteiger partial charge in [0.25, 0.3) is 5.91 Å². The normalized spacial score (nSPS) is 24.6. The quantitative estimate of drug-likeness (QED) is 0.234. The topological polar surface area (TPSA) is 173 Å². The standard InChI is InChI=1S/C34H33N3O7/c1-37(2)28-23-15-19-14-22-21(18-10-8-17(9-11-18)16-36-20-6-4-3-5-7-20)12-13-24(38)26(22)29(39)25(19)31(41)34(23,44)32(42)27(30(28)40)33(35)43/h3-13,19,23,28,36,38-39,42,44H,14-16H2,1-2H3,(H2,35,43). The minimum atomic E-state index is -2.67. The van der Waals surface area contributed by atoms with Crippen LogP contribution in [-0.2, 0) is 27.3 Å². The molecule has 226 valence electrons. The molecule has 10 nitrogen and oxygen atoms in total. The van der Waals surface area contributed by atoms with Crippen LogP contribution in [0.1, 0.15) is 23.1 Å². The van der Waals surface area contributed by atoms with Crippen molar-refractivity contribution in [1.29, 1.82) is 0 Å². The molecule has 0 saturated heterocycles. The molecule has 0 heterocycles. The number of nitrogens with one attached hydrogen (secondary N) is 1. The van der Waals surface area contributed by atoms with E-state index in [9.17, 15) is 34.8 Å². The number of hydrogen-bond acceptors (Lipinski definition) is 9. The number of nitrogens with zero attached hydrogens (tertiary/aromatic N) is 1. The van der Waals surface area contributed by atoms with Crippen LogP contribution < -0.4 is 11.1 Å². The molecule has 4 atom stereocenters. The number of aromatic hydroxyl groups is 1. The number of aliphatic hydroxyl groups excluding tert-OH is 2. The van der Waals surface area contributed by atoms with E-state index in [1.807, 2.05) is 54.6 Å². The lowest BCUT2D eigenvalue weighted by atomic mass is 9.57. The van der Waals surface area contributed by atoms with Crippen molar-refractivity contribution in [3.8, 4) is 16.9 Å². The summed E-state index contributed by atoms with van der Waals surface area (Å²) in [6, 6.07) is 19.8. The Hall–Kier alpha value is -4.93. The Bertz CT molecular complexity index is 1760. The molecular formula is C34H33N3O7. The van der Waals surface area contributed by atoms with Gasteiger partial charge in [-0.15, -0.1) is 0 Å². The molecule has 0 radical (unpaired) electrons. The summed E-state index contributed by atoms with van der Waals surface area (Å²) in [7, 11) is 3.14. The lowest BCUT2D eigenvalue weighted by Crippen LogP contribution is -2.65. The van der Waals surface area contributed by atoms with Crippen molar-refractivity contribution < 1.29 is 34.8 Å². The molecule has 3 aromatic rings. The number of anilines is 1. The van der Waals surface area contributed by atoms with Crippen LogP contribution in [0.4, 0.5) is 5.69 Å². The number of benzene rings is 3. The number of carbonyl (C=O) groups is 3. The van der Waals surface area contributed by atoms with Gasteiger partial charge in [-0.05, 0) is 73.3 Å². The Balaban J connectivity index is 1.41. The first-order chi connectivity index (χ1) is 20.9. The van der Waals surface area contributed by atoms with Crippen LogP contribution in [-0.4, -0.2) is 68.5 Å². The number of para-hydroxylation sites is 1. The maximum absolute atomic E-state index is 14.0. The number of rotatable bonds is 6. The highest BCUT2D eigenvalue weighted by atomic mass is 16.3. The van der Waals surface area contributed by atoms with Crippen LogP contribution in [0.3, 0.4) is 0 Å². The Morgan fingerprint density at radius 1 is 1.00 bits per heavy atom. The van der Waals surface area contributed by atoms with Crippen molar-refractivity contribution in [1.82, 2.24) is 4.90 Å². The predicted molar refractivity (Wildman–Crippen MR) is 163 cm³/mol. The van der Waals surface area contributed by atoms with Crippen molar-refractivity contribution in [3.63, 3.8) is 0 Å². The number of likely N-dealkylation sites (N-methyl/N-ethyl adjacent to an activating group) is 1. The van der Waals surface area contributed by atoms with Gasteiger partial charge in [0, 0.05) is 23.7 Å². The summed E-state index contributed by atoms with van der Waals surface area (Å²) in [4.78, 5) is 41.0. The van der Waals surface area contributed by atoms with Gasteiger partial charge in [-0.1, -0.05) is 48.5 Å². The summed E-state index contributed by atoms with van der Waals surface area (Å²) in [5.74, 6) is -6.71. The fourth-order valence-electron chi connectivity index (χ4n) is 7.08. The molecule has 1 saturated carbocycles. The Kier molecular flexibility index (Phi) is 7.06. The van der Waals surface area contributed by atoms with Gasteiger partial charge in [-0.2, -0.15) is 0 Å². The third-order valence-corrected chi connectivity index (χ3v) is 9.14. The second-order valence-electron chi connectivity index (χ2n) is 11.9. The maximum atomic E-state index is 14.0. The summed E-state index contributed by atoms with van der Waals surface area (Å²) in [5.41, 5.74) is 6.03.